The van der Waals surface area contributed by atoms with Gasteiger partial charge in [0.1, 0.15) is 0 Å². The molecule has 0 unspecified atom stereocenters. The molecule has 1 fully saturated rings. The van der Waals surface area contributed by atoms with Crippen LogP contribution in [-0.2, 0) is 4.79 Å². The SMILES string of the molecule is O=C(Nc1ccc(Cl)cc1)C1CCN(C(=O)c2cccc3ccccc23)CC1. The number of carbonyl (C=O) groups is 2. The molecule has 3 aromatic rings. The lowest BCUT2D eigenvalue weighted by Crippen LogP contribution is -2.41. The molecule has 0 bridgehead atoms. The third kappa shape index (κ3) is 3.87. The van der Waals surface area contributed by atoms with E-state index in [2.05, 4.69) is 5.32 Å². The second-order valence-corrected chi connectivity index (χ2v) is 7.53. The van der Waals surface area contributed by atoms with Crippen LogP contribution < -0.4 is 5.32 Å². The van der Waals surface area contributed by atoms with Gasteiger partial charge in [-0.05, 0) is 53.9 Å². The zero-order valence-corrected chi connectivity index (χ0v) is 16.2. The highest BCUT2D eigenvalue weighted by Crippen LogP contribution is 2.24. The predicted molar refractivity (Wildman–Crippen MR) is 113 cm³/mol. The van der Waals surface area contributed by atoms with E-state index in [9.17, 15) is 9.59 Å². The van der Waals surface area contributed by atoms with E-state index in [4.69, 9.17) is 11.6 Å². The van der Waals surface area contributed by atoms with Gasteiger partial charge in [-0.2, -0.15) is 0 Å². The minimum atomic E-state index is -0.0905. The summed E-state index contributed by atoms with van der Waals surface area (Å²) in [7, 11) is 0. The molecule has 0 saturated carbocycles. The van der Waals surface area contributed by atoms with Crippen LogP contribution in [-0.4, -0.2) is 29.8 Å². The molecule has 1 aliphatic rings. The van der Waals surface area contributed by atoms with Crippen LogP contribution in [0.25, 0.3) is 10.8 Å². The number of amides is 2. The molecule has 1 heterocycles. The van der Waals surface area contributed by atoms with Crippen LogP contribution in [0.4, 0.5) is 5.69 Å². The Bertz CT molecular complexity index is 1000. The minimum absolute atomic E-state index is 0.000387. The number of piperidine rings is 1. The molecule has 1 saturated heterocycles. The highest BCUT2D eigenvalue weighted by molar-refractivity contribution is 6.30. The minimum Gasteiger partial charge on any atom is -0.339 e. The molecule has 0 aliphatic carbocycles. The van der Waals surface area contributed by atoms with E-state index in [1.54, 1.807) is 24.3 Å². The molecule has 1 aliphatic heterocycles. The number of benzene rings is 3. The van der Waals surface area contributed by atoms with E-state index in [0.29, 0.717) is 31.0 Å². The molecule has 5 heteroatoms. The Morgan fingerprint density at radius 1 is 0.893 bits per heavy atom. The van der Waals surface area contributed by atoms with Crippen LogP contribution in [0.1, 0.15) is 23.2 Å². The standard InChI is InChI=1S/C23H21ClN2O2/c24-18-8-10-19(11-9-18)25-22(27)17-12-14-26(15-13-17)23(28)21-7-3-5-16-4-1-2-6-20(16)21/h1-11,17H,12-15H2,(H,25,27). The van der Waals surface area contributed by atoms with Gasteiger partial charge in [-0.15, -0.1) is 0 Å². The van der Waals surface area contributed by atoms with E-state index >= 15 is 0 Å². The number of rotatable bonds is 3. The van der Waals surface area contributed by atoms with Crippen LogP contribution in [0.15, 0.2) is 66.7 Å². The van der Waals surface area contributed by atoms with Crippen molar-refractivity contribution in [1.29, 1.82) is 0 Å². The van der Waals surface area contributed by atoms with Gasteiger partial charge >= 0.3 is 0 Å². The molecular formula is C23H21ClN2O2. The number of likely N-dealkylation sites (tertiary alicyclic amines) is 1. The van der Waals surface area contributed by atoms with Gasteiger partial charge in [-0.1, -0.05) is 48.0 Å². The van der Waals surface area contributed by atoms with E-state index in [1.165, 1.54) is 0 Å². The van der Waals surface area contributed by atoms with Crippen molar-refractivity contribution in [3.05, 3.63) is 77.3 Å². The number of nitrogens with one attached hydrogen (secondary N) is 1. The first-order valence-electron chi connectivity index (χ1n) is 9.45. The second kappa shape index (κ2) is 8.03. The lowest BCUT2D eigenvalue weighted by molar-refractivity contribution is -0.121. The summed E-state index contributed by atoms with van der Waals surface area (Å²) >= 11 is 5.88. The predicted octanol–water partition coefficient (Wildman–Crippen LogP) is 4.98. The molecule has 1 N–H and O–H groups in total. The molecule has 4 nitrogen and oxygen atoms in total. The Hall–Kier alpha value is -2.85. The molecular weight excluding hydrogens is 372 g/mol. The van der Waals surface area contributed by atoms with Gasteiger partial charge in [-0.25, -0.2) is 0 Å². The van der Waals surface area contributed by atoms with Crippen molar-refractivity contribution in [2.75, 3.05) is 18.4 Å². The molecule has 28 heavy (non-hydrogen) atoms. The van der Waals surface area contributed by atoms with Crippen molar-refractivity contribution in [2.45, 2.75) is 12.8 Å². The molecule has 2 amide bonds. The fourth-order valence-corrected chi connectivity index (χ4v) is 3.83. The fourth-order valence-electron chi connectivity index (χ4n) is 3.70. The van der Waals surface area contributed by atoms with E-state index in [-0.39, 0.29) is 17.7 Å². The number of carbonyl (C=O) groups excluding carboxylic acids is 2. The number of hydrogen-bond acceptors (Lipinski definition) is 2. The molecule has 0 atom stereocenters. The van der Waals surface area contributed by atoms with Gasteiger partial charge < -0.3 is 10.2 Å². The van der Waals surface area contributed by atoms with Crippen molar-refractivity contribution in [3.8, 4) is 0 Å². The summed E-state index contributed by atoms with van der Waals surface area (Å²) in [6.45, 7) is 1.17. The molecule has 0 aromatic heterocycles. The summed E-state index contributed by atoms with van der Waals surface area (Å²) < 4.78 is 0. The van der Waals surface area contributed by atoms with Gasteiger partial charge in [0.25, 0.3) is 5.91 Å². The Morgan fingerprint density at radius 2 is 1.57 bits per heavy atom. The van der Waals surface area contributed by atoms with Gasteiger partial charge in [0.05, 0.1) is 0 Å². The highest BCUT2D eigenvalue weighted by Gasteiger charge is 2.28. The summed E-state index contributed by atoms with van der Waals surface area (Å²) in [4.78, 5) is 27.4. The van der Waals surface area contributed by atoms with Crippen LogP contribution in [0.3, 0.4) is 0 Å². The molecule has 0 radical (unpaired) electrons. The van der Waals surface area contributed by atoms with Crippen molar-refractivity contribution in [1.82, 2.24) is 4.90 Å². The van der Waals surface area contributed by atoms with Crippen molar-refractivity contribution in [2.24, 2.45) is 5.92 Å². The quantitative estimate of drug-likeness (QED) is 0.683. The van der Waals surface area contributed by atoms with Gasteiger partial charge in [0.2, 0.25) is 5.91 Å². The van der Waals surface area contributed by atoms with E-state index in [1.807, 2.05) is 47.4 Å². The topological polar surface area (TPSA) is 49.4 Å². The van der Waals surface area contributed by atoms with E-state index in [0.717, 1.165) is 22.0 Å². The van der Waals surface area contributed by atoms with Gasteiger partial charge in [0.15, 0.2) is 0 Å². The number of hydrogen-bond donors (Lipinski definition) is 1. The number of nitrogens with zero attached hydrogens (tertiary/aromatic N) is 1. The molecule has 0 spiro atoms. The Kier molecular flexibility index (Phi) is 5.31. The monoisotopic (exact) mass is 392 g/mol. The maximum absolute atomic E-state index is 13.0. The smallest absolute Gasteiger partial charge is 0.254 e. The molecule has 4 rings (SSSR count). The largest absolute Gasteiger partial charge is 0.339 e. The zero-order chi connectivity index (χ0) is 19.5. The highest BCUT2D eigenvalue weighted by atomic mass is 35.5. The first-order valence-corrected chi connectivity index (χ1v) is 9.83. The summed E-state index contributed by atoms with van der Waals surface area (Å²) in [5.74, 6) is -0.0554. The fraction of sp³-hybridized carbons (Fsp3) is 0.217. The third-order valence-electron chi connectivity index (χ3n) is 5.28. The maximum atomic E-state index is 13.0. The third-order valence-corrected chi connectivity index (χ3v) is 5.54. The number of anilines is 1. The second-order valence-electron chi connectivity index (χ2n) is 7.09. The average molecular weight is 393 g/mol. The van der Waals surface area contributed by atoms with Crippen LogP contribution in [0, 0.1) is 5.92 Å². The average Bonchev–Trinajstić information content (AvgIpc) is 2.74. The summed E-state index contributed by atoms with van der Waals surface area (Å²) in [6.07, 6.45) is 1.33. The Labute approximate surface area is 169 Å². The van der Waals surface area contributed by atoms with Crippen LogP contribution in [0.5, 0.6) is 0 Å². The zero-order valence-electron chi connectivity index (χ0n) is 15.4. The number of fused-ring (bicyclic) bond motifs is 1. The Morgan fingerprint density at radius 3 is 2.32 bits per heavy atom. The molecule has 3 aromatic carbocycles. The van der Waals surface area contributed by atoms with Crippen molar-refractivity contribution in [3.63, 3.8) is 0 Å². The first kappa shape index (κ1) is 18.5. The normalized spacial score (nSPS) is 14.8. The van der Waals surface area contributed by atoms with Gasteiger partial charge in [-0.3, -0.25) is 9.59 Å². The Balaban J connectivity index is 1.40. The van der Waals surface area contributed by atoms with E-state index < -0.39 is 0 Å². The maximum Gasteiger partial charge on any atom is 0.254 e. The number of halogens is 1. The van der Waals surface area contributed by atoms with Crippen LogP contribution in [0.2, 0.25) is 5.02 Å². The van der Waals surface area contributed by atoms with Crippen molar-refractivity contribution < 1.29 is 9.59 Å². The lowest BCUT2D eigenvalue weighted by atomic mass is 9.94. The summed E-state index contributed by atoms with van der Waals surface area (Å²) in [6, 6.07) is 20.8. The molecule has 142 valence electrons. The van der Waals surface area contributed by atoms with Crippen molar-refractivity contribution >= 4 is 39.9 Å². The van der Waals surface area contributed by atoms with Crippen LogP contribution >= 0.6 is 11.6 Å². The lowest BCUT2D eigenvalue weighted by Gasteiger charge is -2.31. The first-order chi connectivity index (χ1) is 13.6. The summed E-state index contributed by atoms with van der Waals surface area (Å²) in [5.41, 5.74) is 1.46. The van der Waals surface area contributed by atoms with Gasteiger partial charge in [0, 0.05) is 35.3 Å². The summed E-state index contributed by atoms with van der Waals surface area (Å²) in [5, 5.41) is 5.61.